The number of carbonyl (C=O) groups excluding carboxylic acids is 3. The Balaban J connectivity index is 4.08. The Morgan fingerprint density at radius 3 is 0.955 bits per heavy atom. The number of hydrogen-bond donors (Lipinski definition) is 0. The van der Waals surface area contributed by atoms with E-state index in [0.717, 1.165) is 83.5 Å². The number of allylic oxidation sites excluding steroid dienone is 16. The van der Waals surface area contributed by atoms with E-state index in [1.54, 1.807) is 0 Å². The SMILES string of the molecule is CC/C=C\C/C=C\C/C=C\C/C=C\C/C=C\C/C=C\C/C=C\C/C=C\CCCCC(=O)OC(COC(=O)CCCCCCCCCCCCCCCCCCCCCCCCCCCCCCCCCCCCCCC)COC(OCC[N+](C)(C)C)C(=O)[O-]. The predicted molar refractivity (Wildman–Crippen MR) is 380 cm³/mol. The fraction of sp³-hybridized carbons (Fsp3) is 0.762. The third kappa shape index (κ3) is 71.5. The highest BCUT2D eigenvalue weighted by atomic mass is 16.7. The topological polar surface area (TPSA) is 111 Å². The van der Waals surface area contributed by atoms with Gasteiger partial charge in [-0.2, -0.15) is 0 Å². The van der Waals surface area contributed by atoms with E-state index in [2.05, 4.69) is 111 Å². The van der Waals surface area contributed by atoms with Crippen LogP contribution < -0.4 is 5.11 Å². The number of carboxylic acid groups (broad SMARTS) is 1. The summed E-state index contributed by atoms with van der Waals surface area (Å²) in [6.45, 7) is 4.62. The van der Waals surface area contributed by atoms with Gasteiger partial charge < -0.3 is 33.3 Å². The molecule has 0 N–H and O–H groups in total. The van der Waals surface area contributed by atoms with Crippen molar-refractivity contribution in [2.45, 2.75) is 347 Å². The average molecular weight is 1250 g/mol. The number of unbranched alkanes of at least 4 members (excludes halogenated alkanes) is 38. The number of nitrogens with zero attached hydrogens (tertiary/aromatic N) is 1. The van der Waals surface area contributed by atoms with Crippen molar-refractivity contribution in [3.05, 3.63) is 97.2 Å². The van der Waals surface area contributed by atoms with Crippen LogP contribution in [0.2, 0.25) is 0 Å². The van der Waals surface area contributed by atoms with E-state index in [-0.39, 0.29) is 38.6 Å². The number of ether oxygens (including phenoxy) is 4. The summed E-state index contributed by atoms with van der Waals surface area (Å²) in [7, 11) is 5.92. The Kier molecular flexibility index (Phi) is 67.1. The molecule has 0 radical (unpaired) electrons. The highest BCUT2D eigenvalue weighted by Gasteiger charge is 2.22. The van der Waals surface area contributed by atoms with E-state index in [1.807, 2.05) is 21.1 Å². The molecule has 0 aliphatic rings. The van der Waals surface area contributed by atoms with Crippen LogP contribution in [0.4, 0.5) is 0 Å². The third-order valence-electron chi connectivity index (χ3n) is 16.3. The van der Waals surface area contributed by atoms with Crippen molar-refractivity contribution in [1.82, 2.24) is 0 Å². The fourth-order valence-electron chi connectivity index (χ4n) is 10.7. The van der Waals surface area contributed by atoms with Gasteiger partial charge in [-0.05, 0) is 77.0 Å². The smallest absolute Gasteiger partial charge is 0.306 e. The quantitative estimate of drug-likeness (QED) is 0.0195. The van der Waals surface area contributed by atoms with Crippen molar-refractivity contribution >= 4 is 17.9 Å². The Morgan fingerprint density at radius 2 is 0.640 bits per heavy atom. The molecule has 89 heavy (non-hydrogen) atoms. The summed E-state index contributed by atoms with van der Waals surface area (Å²) >= 11 is 0. The van der Waals surface area contributed by atoms with Crippen LogP contribution in [0.15, 0.2) is 97.2 Å². The minimum atomic E-state index is -1.64. The molecule has 0 saturated heterocycles. The Hall–Kier alpha value is -3.79. The van der Waals surface area contributed by atoms with E-state index < -0.39 is 24.3 Å². The number of likely N-dealkylation sites (N-methyl/N-ethyl adjacent to an activating group) is 1. The molecule has 0 heterocycles. The lowest BCUT2D eigenvalue weighted by molar-refractivity contribution is -0.870. The second kappa shape index (κ2) is 70.1. The minimum absolute atomic E-state index is 0.135. The Bertz CT molecular complexity index is 1790. The standard InChI is InChI=1S/C80H141NO8/c1-6-8-10-12-14-16-18-20-22-24-26-28-30-32-34-35-36-37-38-39-40-41-42-43-45-46-48-50-52-54-56-58-60-62-64-66-68-70-77(82)87-74-76(75-88-80(79(84)85)86-73-72-81(3,4)5)89-78(83)71-69-67-65-63-61-59-57-55-53-51-49-47-44-33-31-29-27-25-23-21-19-17-15-13-11-9-7-2/h9,11,15,17,21,23,27,29,33,44,49,51,55,57,61,63,76,80H,6-8,10,12-14,16,18-20,22,24-26,28,30-32,34-43,45-48,50,52-54,56,58-60,62,64-75H2,1-5H3/b11-9-,17-15-,23-21-,29-27-,44-33-,51-49-,57-55-,63-61-. The number of carboxylic acids is 1. The lowest BCUT2D eigenvalue weighted by atomic mass is 10.0. The van der Waals surface area contributed by atoms with Gasteiger partial charge in [0.15, 0.2) is 12.4 Å². The van der Waals surface area contributed by atoms with E-state index in [9.17, 15) is 19.5 Å². The molecule has 9 nitrogen and oxygen atoms in total. The van der Waals surface area contributed by atoms with Crippen LogP contribution in [-0.4, -0.2) is 82.3 Å². The summed E-state index contributed by atoms with van der Waals surface area (Å²) in [6, 6.07) is 0. The van der Waals surface area contributed by atoms with Crippen molar-refractivity contribution in [1.29, 1.82) is 0 Å². The Morgan fingerprint density at radius 1 is 0.348 bits per heavy atom. The molecular weight excluding hydrogens is 1100 g/mol. The highest BCUT2D eigenvalue weighted by Crippen LogP contribution is 2.19. The van der Waals surface area contributed by atoms with Crippen LogP contribution in [-0.2, 0) is 33.3 Å². The molecule has 0 bridgehead atoms. The summed E-state index contributed by atoms with van der Waals surface area (Å²) in [6.07, 6.45) is 93.9. The van der Waals surface area contributed by atoms with Gasteiger partial charge >= 0.3 is 11.9 Å². The van der Waals surface area contributed by atoms with Gasteiger partial charge in [0, 0.05) is 12.8 Å². The molecule has 0 aromatic heterocycles. The van der Waals surface area contributed by atoms with Gasteiger partial charge in [0.25, 0.3) is 0 Å². The van der Waals surface area contributed by atoms with Gasteiger partial charge in [0.1, 0.15) is 13.2 Å². The molecule has 0 saturated carbocycles. The molecule has 514 valence electrons. The van der Waals surface area contributed by atoms with Crippen molar-refractivity contribution in [3.8, 4) is 0 Å². The average Bonchev–Trinajstić information content (AvgIpc) is 3.64. The molecule has 0 aromatic rings. The lowest BCUT2D eigenvalue weighted by Crippen LogP contribution is -2.44. The van der Waals surface area contributed by atoms with Gasteiger partial charge in [0.05, 0.1) is 40.3 Å². The third-order valence-corrected chi connectivity index (χ3v) is 16.3. The van der Waals surface area contributed by atoms with Gasteiger partial charge in [-0.1, -0.05) is 342 Å². The van der Waals surface area contributed by atoms with Gasteiger partial charge in [-0.15, -0.1) is 0 Å². The van der Waals surface area contributed by atoms with Crippen molar-refractivity contribution < 1.29 is 42.9 Å². The van der Waals surface area contributed by atoms with Crippen LogP contribution in [0, 0.1) is 0 Å². The second-order valence-electron chi connectivity index (χ2n) is 26.2. The summed E-state index contributed by atoms with van der Waals surface area (Å²) < 4.78 is 22.8. The molecule has 2 unspecified atom stereocenters. The summed E-state index contributed by atoms with van der Waals surface area (Å²) in [5.41, 5.74) is 0. The van der Waals surface area contributed by atoms with E-state index in [4.69, 9.17) is 18.9 Å². The first-order valence-electron chi connectivity index (χ1n) is 37.4. The maximum Gasteiger partial charge on any atom is 0.306 e. The number of carbonyl (C=O) groups is 3. The van der Waals surface area contributed by atoms with E-state index >= 15 is 0 Å². The minimum Gasteiger partial charge on any atom is -0.545 e. The largest absolute Gasteiger partial charge is 0.545 e. The number of rotatable bonds is 69. The molecule has 2 atom stereocenters. The summed E-state index contributed by atoms with van der Waals surface area (Å²) in [5, 5.41) is 11.8. The van der Waals surface area contributed by atoms with Crippen LogP contribution >= 0.6 is 0 Å². The van der Waals surface area contributed by atoms with Crippen molar-refractivity contribution in [2.75, 3.05) is 47.5 Å². The maximum atomic E-state index is 12.9. The van der Waals surface area contributed by atoms with Crippen LogP contribution in [0.5, 0.6) is 0 Å². The lowest BCUT2D eigenvalue weighted by Gasteiger charge is -2.26. The first kappa shape index (κ1) is 85.2. The van der Waals surface area contributed by atoms with Crippen molar-refractivity contribution in [3.63, 3.8) is 0 Å². The molecule has 0 aliphatic carbocycles. The normalized spacial score (nSPS) is 13.2. The van der Waals surface area contributed by atoms with Gasteiger partial charge in [-0.25, -0.2) is 0 Å². The van der Waals surface area contributed by atoms with Gasteiger partial charge in [-0.3, -0.25) is 9.59 Å². The van der Waals surface area contributed by atoms with Crippen LogP contribution in [0.3, 0.4) is 0 Å². The first-order valence-corrected chi connectivity index (χ1v) is 37.4. The number of aliphatic carboxylic acids is 1. The molecule has 0 amide bonds. The predicted octanol–water partition coefficient (Wildman–Crippen LogP) is 22.3. The van der Waals surface area contributed by atoms with E-state index in [1.165, 1.54) is 218 Å². The molecule has 9 heteroatoms. The number of esters is 2. The highest BCUT2D eigenvalue weighted by molar-refractivity contribution is 5.70. The second-order valence-corrected chi connectivity index (χ2v) is 26.2. The zero-order chi connectivity index (χ0) is 64.7. The maximum absolute atomic E-state index is 12.9. The van der Waals surface area contributed by atoms with Crippen LogP contribution in [0.25, 0.3) is 0 Å². The summed E-state index contributed by atoms with van der Waals surface area (Å²) in [4.78, 5) is 37.5. The van der Waals surface area contributed by atoms with E-state index in [0.29, 0.717) is 17.4 Å². The van der Waals surface area contributed by atoms with Gasteiger partial charge in [0.2, 0.25) is 0 Å². The van der Waals surface area contributed by atoms with Crippen molar-refractivity contribution in [2.24, 2.45) is 0 Å². The Labute approximate surface area is 550 Å². The molecule has 0 spiro atoms. The number of hydrogen-bond acceptors (Lipinski definition) is 8. The molecule has 0 aliphatic heterocycles. The fourth-order valence-corrected chi connectivity index (χ4v) is 10.7. The zero-order valence-electron chi connectivity index (χ0n) is 58.8. The molecule has 0 rings (SSSR count). The molecular formula is C80H141NO8. The first-order chi connectivity index (χ1) is 43.6. The molecule has 0 aromatic carbocycles. The zero-order valence-corrected chi connectivity index (χ0v) is 58.8. The summed E-state index contributed by atoms with van der Waals surface area (Å²) in [5.74, 6) is -2.34. The number of quaternary nitrogens is 1. The monoisotopic (exact) mass is 1240 g/mol. The molecule has 0 fully saturated rings. The van der Waals surface area contributed by atoms with Crippen LogP contribution in [0.1, 0.15) is 335 Å².